The Kier molecular flexibility index (Phi) is 38.7. The normalized spacial score (nSPS) is 16.7. The summed E-state index contributed by atoms with van der Waals surface area (Å²) < 4.78 is 5.78. The summed E-state index contributed by atoms with van der Waals surface area (Å²) >= 11 is 1.06. The van der Waals surface area contributed by atoms with Crippen LogP contribution in [0.15, 0.2) is 79.0 Å². The Labute approximate surface area is 713 Å². The van der Waals surface area contributed by atoms with Crippen molar-refractivity contribution in [1.82, 2.24) is 77.4 Å². The molecule has 24 N–H and O–H groups in total. The number of likely N-dealkylation sites (tertiary alicyclic amines) is 2. The van der Waals surface area contributed by atoms with E-state index in [1.807, 2.05) is 51.1 Å². The van der Waals surface area contributed by atoms with Gasteiger partial charge in [0.15, 0.2) is 5.96 Å². The summed E-state index contributed by atoms with van der Waals surface area (Å²) in [5.74, 6) is -10.8. The highest BCUT2D eigenvalue weighted by molar-refractivity contribution is 8.00. The summed E-state index contributed by atoms with van der Waals surface area (Å²) in [6.45, 7) is 7.55. The number of unbranched alkanes of at least 4 members (excludes halogenated alkanes) is 2. The summed E-state index contributed by atoms with van der Waals surface area (Å²) in [6, 6.07) is 6.92. The molecule has 0 bridgehead atoms. The topological polar surface area (TPSA) is 595 Å². The molecule has 122 heavy (non-hydrogen) atoms. The van der Waals surface area contributed by atoms with Crippen molar-refractivity contribution in [3.8, 4) is 17.0 Å². The first-order valence-corrected chi connectivity index (χ1v) is 42.7. The van der Waals surface area contributed by atoms with Crippen LogP contribution in [0.25, 0.3) is 33.1 Å². The fraction of sp³-hybridized carbons (Fsp3) is 0.554. The summed E-state index contributed by atoms with van der Waals surface area (Å²) in [5.41, 5.74) is 31.2. The molecule has 0 saturated carbocycles. The molecule has 39 heteroatoms. The number of amides is 14. The van der Waals surface area contributed by atoms with Crippen molar-refractivity contribution in [2.24, 2.45) is 34.6 Å². The van der Waals surface area contributed by atoms with Crippen LogP contribution in [0.2, 0.25) is 0 Å². The first-order chi connectivity index (χ1) is 58.2. The first kappa shape index (κ1) is 97.7. The number of β-amino-alcohol motifs (C(OH)–C–C–N with tert-alkyl or cyclic N) is 1. The maximum Gasteiger partial charge on any atom is 0.245 e. The number of benzene rings is 3. The number of nitrogens with zero attached hydrogens (tertiary/aromatic N) is 4. The van der Waals surface area contributed by atoms with Gasteiger partial charge < -0.3 is 121 Å². The summed E-state index contributed by atoms with van der Waals surface area (Å²) in [6.07, 6.45) is 2.44. The van der Waals surface area contributed by atoms with Crippen molar-refractivity contribution in [2.75, 3.05) is 78.1 Å². The molecule has 0 radical (unpaired) electrons. The molecule has 2 aromatic heterocycles. The molecule has 3 aromatic carbocycles. The fourth-order valence-electron chi connectivity index (χ4n) is 15.1. The summed E-state index contributed by atoms with van der Waals surface area (Å²) in [5, 5.41) is 56.6. The van der Waals surface area contributed by atoms with Crippen LogP contribution in [0.3, 0.4) is 0 Å². The smallest absolute Gasteiger partial charge is 0.245 e. The molecule has 2 aliphatic heterocycles. The van der Waals surface area contributed by atoms with Crippen molar-refractivity contribution >= 4 is 122 Å². The standard InChI is InChI=1S/C83H123N21O17S/c1-8-11-24-64(77(115)94-50(19-17-33-90-83(88)89)41-92-63(45-122-46-70(87)109)73(111)93-42-69(86)108)101(6)82(120)66(25-12-9-2)102(7)80(118)60(38-55-54-21-14-16-23-57(54)95-72(55)48-27-29-52(30-28-48)121-10-3)98-76(114)62(44-105)100-74(112)58(36-49-40-91-56-22-15-13-20-53(49)56)96-79(117)67-37-51(106)43-104(67)81(119)59(35-47(4)5)97-75(113)61(39-84)99-78(116)65-26-18-34-103(65)71(110)32-31-68(85)107/h13-16,20-23,27-30,40,47,50-51,58-67,91-92,95,105-106H,8-12,17-19,24-26,31-39,41-46,84H2,1-7H3,(H2,85,107)(H2,86,108)(H2,87,109)(H,93,111)(H,94,115)(H,96,117)(H,97,113)(H,98,114)(H,99,116)(H,100,112)(H4,88,89,90)/t50?,51-,58?,59?,60?,61?,62+,63?,64?,65?,66?,67?/m1/s1. The van der Waals surface area contributed by atoms with Crippen LogP contribution < -0.4 is 81.3 Å². The molecule has 12 atom stereocenters. The van der Waals surface area contributed by atoms with Crippen LogP contribution in [0, 0.1) is 11.3 Å². The number of ether oxygens (including phenoxy) is 1. The lowest BCUT2D eigenvalue weighted by atomic mass is 9.96. The number of hydrogen-bond donors (Lipinski definition) is 19. The Morgan fingerprint density at radius 3 is 1.90 bits per heavy atom. The average Bonchev–Trinajstić information content (AvgIpc) is 1.62. The molecule has 4 heterocycles. The van der Waals surface area contributed by atoms with E-state index in [2.05, 4.69) is 57.8 Å². The van der Waals surface area contributed by atoms with E-state index >= 15 is 28.8 Å². The molecule has 5 aromatic rings. The molecule has 2 saturated heterocycles. The Morgan fingerprint density at radius 1 is 0.639 bits per heavy atom. The minimum Gasteiger partial charge on any atom is -0.494 e. The van der Waals surface area contributed by atoms with Crippen LogP contribution >= 0.6 is 11.8 Å². The number of H-pyrrole nitrogens is 2. The van der Waals surface area contributed by atoms with E-state index in [9.17, 15) is 48.6 Å². The second-order valence-electron chi connectivity index (χ2n) is 31.2. The molecule has 14 amide bonds. The minimum absolute atomic E-state index is 0.00726. The average molecular weight is 1720 g/mol. The van der Waals surface area contributed by atoms with Crippen molar-refractivity contribution in [3.63, 3.8) is 0 Å². The monoisotopic (exact) mass is 1720 g/mol. The highest BCUT2D eigenvalue weighted by Crippen LogP contribution is 2.34. The minimum atomic E-state index is -1.88. The third-order valence-electron chi connectivity index (χ3n) is 21.5. The lowest BCUT2D eigenvalue weighted by Crippen LogP contribution is -2.61. The SMILES string of the molecule is CCCCC(C(=O)N(C)C(CCCC)C(=O)NC(CCCNC(=N)N)CNC(CSCC(N)=O)C(=O)NCC(N)=O)N(C)C(=O)C(Cc1c(-c2ccc(OCC)cc2)[nH]c2ccccc12)NC(=O)[C@H](CO)NC(=O)C(Cc1c[nH]c2ccccc12)NC(=O)C1C[C@@H](O)CN1C(=O)C(CC(C)C)NC(=O)C(CN)NC(=O)C1CCCN1C(=O)CCC(N)=O. The van der Waals surface area contributed by atoms with Crippen LogP contribution in [-0.4, -0.2) is 279 Å². The van der Waals surface area contributed by atoms with Crippen molar-refractivity contribution < 1.29 is 82.1 Å². The lowest BCUT2D eigenvalue weighted by Gasteiger charge is -2.36. The Balaban J connectivity index is 1.20. The van der Waals surface area contributed by atoms with E-state index in [0.717, 1.165) is 16.7 Å². The number of thioether (sulfide) groups is 1. The number of rotatable bonds is 51. The van der Waals surface area contributed by atoms with Gasteiger partial charge in [0, 0.05) is 124 Å². The van der Waals surface area contributed by atoms with Gasteiger partial charge in [0.05, 0.1) is 37.7 Å². The van der Waals surface area contributed by atoms with E-state index in [-0.39, 0.29) is 107 Å². The number of para-hydroxylation sites is 2. The van der Waals surface area contributed by atoms with Gasteiger partial charge in [-0.2, -0.15) is 0 Å². The van der Waals surface area contributed by atoms with Crippen molar-refractivity contribution in [2.45, 2.75) is 210 Å². The van der Waals surface area contributed by atoms with Gasteiger partial charge in [-0.1, -0.05) is 89.8 Å². The number of hydrogen-bond acceptors (Lipinski definition) is 21. The predicted molar refractivity (Wildman–Crippen MR) is 459 cm³/mol. The largest absolute Gasteiger partial charge is 0.494 e. The van der Waals surface area contributed by atoms with E-state index in [0.29, 0.717) is 95.1 Å². The van der Waals surface area contributed by atoms with E-state index in [4.69, 9.17) is 38.8 Å². The predicted octanol–water partition coefficient (Wildman–Crippen LogP) is -1.30. The molecule has 2 fully saturated rings. The lowest BCUT2D eigenvalue weighted by molar-refractivity contribution is -0.149. The number of aliphatic hydroxyl groups is 2. The number of fused-ring (bicyclic) bond motifs is 2. The molecule has 2 aliphatic rings. The van der Waals surface area contributed by atoms with E-state index in [1.54, 1.807) is 62.5 Å². The number of carbonyl (C=O) groups is 14. The van der Waals surface area contributed by atoms with Crippen LogP contribution in [-0.2, 0) is 80.0 Å². The van der Waals surface area contributed by atoms with Gasteiger partial charge in [-0.25, -0.2) is 0 Å². The van der Waals surface area contributed by atoms with Crippen LogP contribution in [0.1, 0.15) is 136 Å². The zero-order valence-electron chi connectivity index (χ0n) is 70.5. The van der Waals surface area contributed by atoms with Gasteiger partial charge in [-0.05, 0) is 111 Å². The van der Waals surface area contributed by atoms with Gasteiger partial charge in [0.1, 0.15) is 60.1 Å². The number of nitrogens with one attached hydrogen (secondary N) is 12. The Bertz CT molecular complexity index is 4450. The van der Waals surface area contributed by atoms with Gasteiger partial charge in [-0.3, -0.25) is 72.5 Å². The molecule has 0 spiro atoms. The molecule has 7 rings (SSSR count). The first-order valence-electron chi connectivity index (χ1n) is 41.6. The Hall–Kier alpha value is -11.4. The number of nitrogens with two attached hydrogens (primary N) is 5. The maximum atomic E-state index is 16.1. The third-order valence-corrected chi connectivity index (χ3v) is 22.6. The number of primary amides is 3. The molecular weight excluding hydrogens is 1600 g/mol. The second-order valence-corrected chi connectivity index (χ2v) is 32.3. The molecule has 10 unspecified atom stereocenters. The zero-order chi connectivity index (χ0) is 89.4. The number of aromatic nitrogens is 2. The van der Waals surface area contributed by atoms with E-state index in [1.165, 1.54) is 28.8 Å². The molecular formula is C83H123N21O17S. The quantitative estimate of drug-likeness (QED) is 0.0122. The van der Waals surface area contributed by atoms with Gasteiger partial charge in [0.25, 0.3) is 0 Å². The van der Waals surface area contributed by atoms with Crippen LogP contribution in [0.5, 0.6) is 5.75 Å². The highest BCUT2D eigenvalue weighted by Gasteiger charge is 2.45. The molecule has 0 aliphatic carbocycles. The van der Waals surface area contributed by atoms with E-state index < -0.39 is 182 Å². The highest BCUT2D eigenvalue weighted by atomic mass is 32.2. The Morgan fingerprint density at radius 2 is 1.26 bits per heavy atom. The second kappa shape index (κ2) is 48.3. The maximum absolute atomic E-state index is 16.1. The summed E-state index contributed by atoms with van der Waals surface area (Å²) in [7, 11) is 2.86. The fourth-order valence-corrected chi connectivity index (χ4v) is 15.9. The number of likely N-dealkylation sites (N-methyl/N-ethyl adjacent to an activating group) is 2. The van der Waals surface area contributed by atoms with Crippen molar-refractivity contribution in [1.29, 1.82) is 5.41 Å². The number of guanidine groups is 1. The summed E-state index contributed by atoms with van der Waals surface area (Å²) in [4.78, 5) is 209. The van der Waals surface area contributed by atoms with Gasteiger partial charge in [0.2, 0.25) is 82.7 Å². The van der Waals surface area contributed by atoms with Gasteiger partial charge >= 0.3 is 0 Å². The zero-order valence-corrected chi connectivity index (χ0v) is 71.3. The van der Waals surface area contributed by atoms with Crippen LogP contribution in [0.4, 0.5) is 0 Å². The molecule has 668 valence electrons. The van der Waals surface area contributed by atoms with Gasteiger partial charge in [-0.15, -0.1) is 11.8 Å². The van der Waals surface area contributed by atoms with Crippen molar-refractivity contribution in [3.05, 3.63) is 90.1 Å². The number of carbonyl (C=O) groups excluding carboxylic acids is 14. The number of aliphatic hydroxyl groups excluding tert-OH is 2. The number of aromatic amines is 2. The third kappa shape index (κ3) is 28.3. The molecule has 38 nitrogen and oxygen atoms in total.